The molecule has 1 atom stereocenters. The van der Waals surface area contributed by atoms with Gasteiger partial charge in [-0.25, -0.2) is 0 Å². The van der Waals surface area contributed by atoms with Gasteiger partial charge in [-0.05, 0) is 0 Å². The molecule has 0 aromatic heterocycles. The molecule has 0 radical (unpaired) electrons. The van der Waals surface area contributed by atoms with E-state index in [1.807, 2.05) is 21.1 Å². The maximum Gasteiger partial charge on any atom is 0.306 e. The fourth-order valence-corrected chi connectivity index (χ4v) is 0.898. The largest absolute Gasteiger partial charge is 0.870 e. The minimum atomic E-state index is -0.953. The normalized spacial score (nSPS) is 12.3. The summed E-state index contributed by atoms with van der Waals surface area (Å²) in [5.74, 6) is -0.953. The third kappa shape index (κ3) is 14.5. The number of nitrogens with zero attached hydrogens (tertiary/aromatic N) is 1. The maximum absolute atomic E-state index is 10.1. The summed E-state index contributed by atoms with van der Waals surface area (Å²) >= 11 is 0. The molecule has 0 aromatic rings. The van der Waals surface area contributed by atoms with Gasteiger partial charge in [0.2, 0.25) is 0 Å². The molecule has 0 amide bonds. The highest BCUT2D eigenvalue weighted by atomic mass is 35.5. The first-order valence-corrected chi connectivity index (χ1v) is 3.51. The van der Waals surface area contributed by atoms with E-state index in [2.05, 4.69) is 0 Å². The van der Waals surface area contributed by atoms with Crippen molar-refractivity contribution < 1.29 is 25.0 Å². The van der Waals surface area contributed by atoms with Crippen molar-refractivity contribution in [3.8, 4) is 0 Å². The molecule has 6 heteroatoms. The summed E-state index contributed by atoms with van der Waals surface area (Å²) in [6, 6.07) is 0. The quantitative estimate of drug-likeness (QED) is 0.635. The lowest BCUT2D eigenvalue weighted by atomic mass is 10.2. The Balaban J connectivity index is -0.000000500. The number of carboxylic acids is 1. The molecule has 0 bridgehead atoms. The number of likely N-dealkylation sites (N-methyl/N-ethyl adjacent to an activating group) is 1. The van der Waals surface area contributed by atoms with Crippen molar-refractivity contribution in [2.24, 2.45) is 0 Å². The number of aliphatic carboxylic acids is 1. The predicted molar refractivity (Wildman–Crippen MR) is 50.3 cm³/mol. The number of halogens is 1. The molecular weight excluding hydrogens is 198 g/mol. The van der Waals surface area contributed by atoms with Crippen molar-refractivity contribution in [1.29, 1.82) is 0 Å². The highest BCUT2D eigenvalue weighted by Gasteiger charge is 2.17. The van der Waals surface area contributed by atoms with Crippen LogP contribution in [0.1, 0.15) is 6.42 Å². The van der Waals surface area contributed by atoms with E-state index >= 15 is 0 Å². The highest BCUT2D eigenvalue weighted by molar-refractivity contribution is 5.85. The van der Waals surface area contributed by atoms with Crippen LogP contribution in [0.5, 0.6) is 0 Å². The van der Waals surface area contributed by atoms with Gasteiger partial charge in [-0.1, -0.05) is 0 Å². The minimum Gasteiger partial charge on any atom is -0.870 e. The highest BCUT2D eigenvalue weighted by Crippen LogP contribution is 1.98. The number of rotatable bonds is 4. The van der Waals surface area contributed by atoms with Crippen LogP contribution in [0.25, 0.3) is 0 Å². The Morgan fingerprint density at radius 3 is 2.00 bits per heavy atom. The van der Waals surface area contributed by atoms with Crippen LogP contribution in [0.3, 0.4) is 0 Å². The molecule has 0 unspecified atom stereocenters. The van der Waals surface area contributed by atoms with Crippen LogP contribution in [0.2, 0.25) is 0 Å². The number of aliphatic hydroxyl groups excluding tert-OH is 1. The topological polar surface area (TPSA) is 87.5 Å². The van der Waals surface area contributed by atoms with Crippen molar-refractivity contribution in [3.63, 3.8) is 0 Å². The Morgan fingerprint density at radius 2 is 1.77 bits per heavy atom. The van der Waals surface area contributed by atoms with Crippen molar-refractivity contribution >= 4 is 18.4 Å². The van der Waals surface area contributed by atoms with Crippen molar-refractivity contribution in [1.82, 2.24) is 0 Å². The zero-order valence-corrected chi connectivity index (χ0v) is 8.91. The van der Waals surface area contributed by atoms with E-state index in [-0.39, 0.29) is 24.3 Å². The van der Waals surface area contributed by atoms with Crippen LogP contribution in [0.4, 0.5) is 0 Å². The fourth-order valence-electron chi connectivity index (χ4n) is 0.898. The summed E-state index contributed by atoms with van der Waals surface area (Å²) in [4.78, 5) is 10.1. The predicted octanol–water partition coefficient (Wildman–Crippen LogP) is -0.227. The van der Waals surface area contributed by atoms with Gasteiger partial charge in [-0.3, -0.25) is 4.79 Å². The Labute approximate surface area is 84.3 Å². The van der Waals surface area contributed by atoms with Gasteiger partial charge in [-0.2, -0.15) is 0 Å². The van der Waals surface area contributed by atoms with Crippen LogP contribution in [0, 0.1) is 0 Å². The van der Waals surface area contributed by atoms with Crippen LogP contribution in [-0.2, 0) is 4.79 Å². The minimum absolute atomic E-state index is 0. The Bertz CT molecular complexity index is 146. The van der Waals surface area contributed by atoms with E-state index < -0.39 is 12.1 Å². The molecule has 82 valence electrons. The van der Waals surface area contributed by atoms with Gasteiger partial charge >= 0.3 is 5.97 Å². The zero-order valence-electron chi connectivity index (χ0n) is 8.10. The maximum atomic E-state index is 10.1. The summed E-state index contributed by atoms with van der Waals surface area (Å²) in [7, 11) is 5.72. The van der Waals surface area contributed by atoms with Gasteiger partial charge in [0.15, 0.2) is 0 Å². The number of carboxylic acid groups (broad SMARTS) is 1. The summed E-state index contributed by atoms with van der Waals surface area (Å²) in [6.45, 7) is 0.465. The van der Waals surface area contributed by atoms with Crippen molar-refractivity contribution in [2.45, 2.75) is 12.5 Å². The lowest BCUT2D eigenvalue weighted by Gasteiger charge is -2.25. The molecular formula is C7H18ClNO4. The second kappa shape index (κ2) is 7.08. The van der Waals surface area contributed by atoms with Gasteiger partial charge in [0, 0.05) is 0 Å². The number of aliphatic hydroxyl groups is 1. The van der Waals surface area contributed by atoms with E-state index in [4.69, 9.17) is 10.2 Å². The summed E-state index contributed by atoms with van der Waals surface area (Å²) in [5, 5.41) is 17.5. The molecule has 13 heavy (non-hydrogen) atoms. The number of hydrogen-bond acceptors (Lipinski definition) is 3. The van der Waals surface area contributed by atoms with E-state index in [1.54, 1.807) is 0 Å². The fraction of sp³-hybridized carbons (Fsp3) is 0.857. The Hall–Kier alpha value is -0.360. The molecule has 3 N–H and O–H groups in total. The Morgan fingerprint density at radius 1 is 1.38 bits per heavy atom. The van der Waals surface area contributed by atoms with E-state index in [0.29, 0.717) is 11.0 Å². The van der Waals surface area contributed by atoms with Gasteiger partial charge in [0.1, 0.15) is 12.6 Å². The van der Waals surface area contributed by atoms with Crippen molar-refractivity contribution in [2.75, 3.05) is 27.7 Å². The number of carbonyl (C=O) groups is 1. The van der Waals surface area contributed by atoms with E-state index in [9.17, 15) is 4.79 Å². The average Bonchev–Trinajstić information content (AvgIpc) is 1.53. The van der Waals surface area contributed by atoms with Gasteiger partial charge in [-0.15, -0.1) is 12.4 Å². The summed E-state index contributed by atoms with van der Waals surface area (Å²) in [6.07, 6.45) is -0.914. The molecule has 0 spiro atoms. The standard InChI is InChI=1S/C7H15NO3.ClH.H2O/c1-8(2,3)5-6(9)4-7(10)11;;/h6,9H,4-5H2,1-3H3;1H;1H2/t6-;;/m1../s1. The molecule has 0 saturated heterocycles. The third-order valence-electron chi connectivity index (χ3n) is 1.17. The monoisotopic (exact) mass is 215 g/mol. The van der Waals surface area contributed by atoms with E-state index in [0.717, 1.165) is 0 Å². The molecule has 0 aliphatic heterocycles. The van der Waals surface area contributed by atoms with Crippen LogP contribution in [0.15, 0.2) is 0 Å². The first kappa shape index (κ1) is 18.4. The summed E-state index contributed by atoms with van der Waals surface area (Å²) in [5.41, 5.74) is 0. The number of quaternary nitrogens is 1. The molecule has 0 aliphatic rings. The third-order valence-corrected chi connectivity index (χ3v) is 1.17. The molecule has 5 nitrogen and oxygen atoms in total. The second-order valence-corrected chi connectivity index (χ2v) is 3.72. The molecule has 0 rings (SSSR count). The second-order valence-electron chi connectivity index (χ2n) is 3.72. The summed E-state index contributed by atoms with van der Waals surface area (Å²) < 4.78 is 0.578. The first-order chi connectivity index (χ1) is 4.81. The van der Waals surface area contributed by atoms with Crippen LogP contribution in [-0.4, -0.2) is 59.9 Å². The van der Waals surface area contributed by atoms with Crippen molar-refractivity contribution in [3.05, 3.63) is 0 Å². The molecule has 0 heterocycles. The van der Waals surface area contributed by atoms with Crippen LogP contribution >= 0.6 is 12.4 Å². The zero-order chi connectivity index (χ0) is 9.07. The lowest BCUT2D eigenvalue weighted by molar-refractivity contribution is -0.873. The molecule has 0 aromatic carbocycles. The lowest BCUT2D eigenvalue weighted by Crippen LogP contribution is -2.42. The average molecular weight is 216 g/mol. The first-order valence-electron chi connectivity index (χ1n) is 3.51. The Kier molecular flexibility index (Phi) is 10.0. The molecule has 0 aliphatic carbocycles. The molecule has 0 fully saturated rings. The SMILES string of the molecule is C[N+](C)(C)C[C@H](O)CC(=O)O.Cl.[OH-]. The van der Waals surface area contributed by atoms with Crippen LogP contribution < -0.4 is 0 Å². The van der Waals surface area contributed by atoms with Gasteiger partial charge < -0.3 is 20.2 Å². The van der Waals surface area contributed by atoms with Gasteiger partial charge in [0.25, 0.3) is 0 Å². The van der Waals surface area contributed by atoms with Gasteiger partial charge in [0.05, 0.1) is 27.6 Å². The smallest absolute Gasteiger partial charge is 0.306 e. The molecule has 0 saturated carbocycles. The number of hydrogen-bond donors (Lipinski definition) is 2. The van der Waals surface area contributed by atoms with E-state index in [1.165, 1.54) is 0 Å².